The Morgan fingerprint density at radius 3 is 2.10 bits per heavy atom. The normalized spacial score (nSPS) is 11.5. The minimum absolute atomic E-state index is 0.0665. The van der Waals surface area contributed by atoms with Gasteiger partial charge in [0.2, 0.25) is 0 Å². The molecule has 0 aliphatic heterocycles. The van der Waals surface area contributed by atoms with Crippen LogP contribution in [0.4, 0.5) is 0 Å². The van der Waals surface area contributed by atoms with Crippen molar-refractivity contribution in [1.29, 1.82) is 0 Å². The van der Waals surface area contributed by atoms with E-state index in [0.29, 0.717) is 5.56 Å². The molecule has 0 N–H and O–H groups in total. The van der Waals surface area contributed by atoms with Gasteiger partial charge >= 0.3 is 0 Å². The Bertz CT molecular complexity index is 582. The smallest absolute Gasteiger partial charge is 0.159 e. The number of ketones is 1. The number of benzene rings is 1. The number of Topliss-reactive ketones (excluding diaryl/α,β-unsaturated/α-hetero) is 1. The van der Waals surface area contributed by atoms with Crippen LogP contribution in [-0.2, 0) is 0 Å². The third-order valence-electron chi connectivity index (χ3n) is 2.73. The zero-order valence-electron chi connectivity index (χ0n) is 12.6. The second kappa shape index (κ2) is 7.39. The summed E-state index contributed by atoms with van der Waals surface area (Å²) >= 11 is 0. The lowest BCUT2D eigenvalue weighted by Gasteiger charge is -2.08. The van der Waals surface area contributed by atoms with E-state index in [-0.39, 0.29) is 5.78 Å². The Kier molecular flexibility index (Phi) is 5.85. The molecule has 0 bridgehead atoms. The van der Waals surface area contributed by atoms with Crippen LogP contribution in [0.2, 0.25) is 0 Å². The van der Waals surface area contributed by atoms with Crippen molar-refractivity contribution >= 4 is 17.1 Å². The van der Waals surface area contributed by atoms with Crippen molar-refractivity contribution < 1.29 is 4.79 Å². The van der Waals surface area contributed by atoms with Gasteiger partial charge in [-0.25, -0.2) is 0 Å². The first kappa shape index (κ1) is 15.8. The SMILES string of the molecule is C=C(N=C(C)C)/C(=C\C=CC)c1ccc(C(C)=O)cc1. The summed E-state index contributed by atoms with van der Waals surface area (Å²) in [5, 5.41) is 0. The largest absolute Gasteiger partial charge is 0.295 e. The van der Waals surface area contributed by atoms with Crippen LogP contribution in [0.3, 0.4) is 0 Å². The van der Waals surface area contributed by atoms with Crippen molar-refractivity contribution in [3.63, 3.8) is 0 Å². The van der Waals surface area contributed by atoms with E-state index < -0.39 is 0 Å². The van der Waals surface area contributed by atoms with Crippen molar-refractivity contribution in [2.24, 2.45) is 4.99 Å². The van der Waals surface area contributed by atoms with Crippen molar-refractivity contribution in [3.8, 4) is 0 Å². The van der Waals surface area contributed by atoms with Crippen LogP contribution >= 0.6 is 0 Å². The highest BCUT2D eigenvalue weighted by atomic mass is 16.1. The van der Waals surface area contributed by atoms with Gasteiger partial charge in [-0.15, -0.1) is 0 Å². The molecule has 0 aromatic heterocycles. The van der Waals surface area contributed by atoms with Crippen LogP contribution in [0.5, 0.6) is 0 Å². The van der Waals surface area contributed by atoms with Crippen LogP contribution < -0.4 is 0 Å². The molecule has 0 saturated carbocycles. The monoisotopic (exact) mass is 267 g/mol. The number of allylic oxidation sites excluding steroid dienone is 4. The summed E-state index contributed by atoms with van der Waals surface area (Å²) in [5.41, 5.74) is 4.35. The zero-order valence-corrected chi connectivity index (χ0v) is 12.6. The Hall–Kier alpha value is -2.22. The van der Waals surface area contributed by atoms with E-state index in [2.05, 4.69) is 11.6 Å². The number of hydrogen-bond acceptors (Lipinski definition) is 2. The number of rotatable bonds is 5. The van der Waals surface area contributed by atoms with Gasteiger partial charge in [0.1, 0.15) is 0 Å². The summed E-state index contributed by atoms with van der Waals surface area (Å²) in [5.74, 6) is 0.0665. The van der Waals surface area contributed by atoms with Gasteiger partial charge < -0.3 is 0 Å². The highest BCUT2D eigenvalue weighted by Gasteiger charge is 2.06. The first-order chi connectivity index (χ1) is 9.45. The Morgan fingerprint density at radius 2 is 1.65 bits per heavy atom. The van der Waals surface area contributed by atoms with E-state index in [1.54, 1.807) is 6.92 Å². The molecular formula is C18H21NO. The molecule has 20 heavy (non-hydrogen) atoms. The molecule has 2 heteroatoms. The summed E-state index contributed by atoms with van der Waals surface area (Å²) in [7, 11) is 0. The maximum Gasteiger partial charge on any atom is 0.159 e. The summed E-state index contributed by atoms with van der Waals surface area (Å²) < 4.78 is 0. The summed E-state index contributed by atoms with van der Waals surface area (Å²) in [6.07, 6.45) is 5.90. The summed E-state index contributed by atoms with van der Waals surface area (Å²) in [6.45, 7) is 11.4. The molecule has 0 spiro atoms. The van der Waals surface area contributed by atoms with E-state index in [0.717, 1.165) is 22.5 Å². The van der Waals surface area contributed by atoms with Gasteiger partial charge in [-0.1, -0.05) is 49.1 Å². The predicted molar refractivity (Wildman–Crippen MR) is 87.2 cm³/mol. The maximum atomic E-state index is 11.3. The molecule has 2 nitrogen and oxygen atoms in total. The average molecular weight is 267 g/mol. The van der Waals surface area contributed by atoms with Crippen molar-refractivity contribution in [2.45, 2.75) is 27.7 Å². The fraction of sp³-hybridized carbons (Fsp3) is 0.222. The Labute approximate surface area is 121 Å². The van der Waals surface area contributed by atoms with Gasteiger partial charge in [0.25, 0.3) is 0 Å². The van der Waals surface area contributed by atoms with E-state index >= 15 is 0 Å². The molecule has 1 rings (SSSR count). The van der Waals surface area contributed by atoms with Crippen LogP contribution in [0.1, 0.15) is 43.6 Å². The van der Waals surface area contributed by atoms with Crippen molar-refractivity contribution in [1.82, 2.24) is 0 Å². The molecule has 1 aromatic carbocycles. The minimum atomic E-state index is 0.0665. The highest BCUT2D eigenvalue weighted by molar-refractivity contribution is 5.94. The average Bonchev–Trinajstić information content (AvgIpc) is 2.39. The molecule has 0 aliphatic rings. The number of carbonyl (C=O) groups excluding carboxylic acids is 1. The second-order valence-electron chi connectivity index (χ2n) is 4.75. The van der Waals surface area contributed by atoms with Crippen LogP contribution in [0.25, 0.3) is 5.57 Å². The maximum absolute atomic E-state index is 11.3. The van der Waals surface area contributed by atoms with Gasteiger partial charge in [0.15, 0.2) is 5.78 Å². The number of nitrogens with zero attached hydrogens (tertiary/aromatic N) is 1. The zero-order chi connectivity index (χ0) is 15.1. The van der Waals surface area contributed by atoms with Gasteiger partial charge in [0, 0.05) is 16.8 Å². The quantitative estimate of drug-likeness (QED) is 0.426. The first-order valence-electron chi connectivity index (χ1n) is 6.61. The number of carbonyl (C=O) groups is 1. The van der Waals surface area contributed by atoms with E-state index in [9.17, 15) is 4.79 Å². The topological polar surface area (TPSA) is 29.4 Å². The third-order valence-corrected chi connectivity index (χ3v) is 2.73. The molecule has 0 saturated heterocycles. The van der Waals surface area contributed by atoms with E-state index in [1.165, 1.54) is 0 Å². The fourth-order valence-corrected chi connectivity index (χ4v) is 1.77. The predicted octanol–water partition coefficient (Wildman–Crippen LogP) is 4.84. The lowest BCUT2D eigenvalue weighted by molar-refractivity contribution is 0.101. The molecule has 104 valence electrons. The van der Waals surface area contributed by atoms with E-state index in [1.807, 2.05) is 63.3 Å². The minimum Gasteiger partial charge on any atom is -0.295 e. The van der Waals surface area contributed by atoms with Gasteiger partial charge in [-0.05, 0) is 33.3 Å². The molecule has 0 atom stereocenters. The molecule has 0 heterocycles. The molecule has 0 fully saturated rings. The third kappa shape index (κ3) is 4.47. The lowest BCUT2D eigenvalue weighted by Crippen LogP contribution is -1.94. The Morgan fingerprint density at radius 1 is 1.10 bits per heavy atom. The first-order valence-corrected chi connectivity index (χ1v) is 6.61. The van der Waals surface area contributed by atoms with Gasteiger partial charge in [0.05, 0.1) is 5.70 Å². The Balaban J connectivity index is 3.21. The van der Waals surface area contributed by atoms with Crippen LogP contribution in [0, 0.1) is 0 Å². The number of hydrogen-bond donors (Lipinski definition) is 0. The van der Waals surface area contributed by atoms with Crippen LogP contribution in [0.15, 0.2) is 59.8 Å². The molecule has 0 unspecified atom stereocenters. The second-order valence-corrected chi connectivity index (χ2v) is 4.75. The van der Waals surface area contributed by atoms with Gasteiger partial charge in [-0.3, -0.25) is 9.79 Å². The standard InChI is InChI=1S/C18H21NO/c1-6-7-8-18(14(4)19-13(2)3)17-11-9-16(10-12-17)15(5)20/h6-12H,4H2,1-3,5H3/b7-6?,18-8+. The molecule has 0 aliphatic carbocycles. The van der Waals surface area contributed by atoms with Crippen molar-refractivity contribution in [2.75, 3.05) is 0 Å². The molecule has 1 aromatic rings. The summed E-state index contributed by atoms with van der Waals surface area (Å²) in [4.78, 5) is 15.7. The molecule has 0 radical (unpaired) electrons. The molecule has 0 amide bonds. The van der Waals surface area contributed by atoms with Gasteiger partial charge in [-0.2, -0.15) is 0 Å². The highest BCUT2D eigenvalue weighted by Crippen LogP contribution is 2.24. The number of aliphatic imine (C=N–C) groups is 1. The molecular weight excluding hydrogens is 246 g/mol. The van der Waals surface area contributed by atoms with Crippen LogP contribution in [-0.4, -0.2) is 11.5 Å². The van der Waals surface area contributed by atoms with E-state index in [4.69, 9.17) is 0 Å². The van der Waals surface area contributed by atoms with Crippen molar-refractivity contribution in [3.05, 3.63) is 65.9 Å². The lowest BCUT2D eigenvalue weighted by atomic mass is 10.0. The fourth-order valence-electron chi connectivity index (χ4n) is 1.77. The summed E-state index contributed by atoms with van der Waals surface area (Å²) in [6, 6.07) is 7.52.